The first kappa shape index (κ1) is 21.0. The molecule has 0 saturated carbocycles. The number of nitrogens with zero attached hydrogens (tertiary/aromatic N) is 3. The zero-order chi connectivity index (χ0) is 21.1. The van der Waals surface area contributed by atoms with E-state index in [-0.39, 0.29) is 17.7 Å². The van der Waals surface area contributed by atoms with Gasteiger partial charge in [0.2, 0.25) is 5.91 Å². The van der Waals surface area contributed by atoms with E-state index in [0.29, 0.717) is 41.5 Å². The number of piperidine rings is 1. The van der Waals surface area contributed by atoms with Crippen molar-refractivity contribution in [2.45, 2.75) is 12.8 Å². The summed E-state index contributed by atoms with van der Waals surface area (Å²) in [6, 6.07) is 15.2. The van der Waals surface area contributed by atoms with Crippen LogP contribution in [0.4, 0.5) is 5.69 Å². The van der Waals surface area contributed by atoms with Crippen molar-refractivity contribution in [3.63, 3.8) is 0 Å². The van der Waals surface area contributed by atoms with Crippen molar-refractivity contribution in [3.05, 3.63) is 64.1 Å². The third kappa shape index (κ3) is 4.57. The topological polar surface area (TPSA) is 43.9 Å². The van der Waals surface area contributed by atoms with E-state index in [1.54, 1.807) is 23.1 Å². The van der Waals surface area contributed by atoms with E-state index >= 15 is 0 Å². The number of para-hydroxylation sites is 1. The number of carbonyl (C=O) groups excluding carboxylic acids is 2. The fourth-order valence-corrected chi connectivity index (χ4v) is 4.61. The van der Waals surface area contributed by atoms with Gasteiger partial charge in [-0.25, -0.2) is 0 Å². The lowest BCUT2D eigenvalue weighted by molar-refractivity contribution is -0.137. The second-order valence-electron chi connectivity index (χ2n) is 7.84. The molecule has 5 nitrogen and oxygen atoms in total. The monoisotopic (exact) mass is 445 g/mol. The van der Waals surface area contributed by atoms with Gasteiger partial charge in [-0.2, -0.15) is 0 Å². The van der Waals surface area contributed by atoms with E-state index in [0.717, 1.165) is 26.2 Å². The quantitative estimate of drug-likeness (QED) is 0.710. The summed E-state index contributed by atoms with van der Waals surface area (Å²) < 4.78 is 0. The molecule has 7 heteroatoms. The average molecular weight is 446 g/mol. The molecule has 2 amide bonds. The van der Waals surface area contributed by atoms with Crippen LogP contribution in [-0.2, 0) is 4.79 Å². The zero-order valence-electron chi connectivity index (χ0n) is 16.8. The molecule has 0 spiro atoms. The standard InChI is InChI=1S/C23H25Cl2N3O2/c24-18-6-7-21(25)20(16-18)23(30)27-10-8-17(9-11-27)22(29)28-14-12-26(13-15-28)19-4-2-1-3-5-19/h1-7,16-17H,8-15H2. The van der Waals surface area contributed by atoms with Gasteiger partial charge in [0.25, 0.3) is 5.91 Å². The highest BCUT2D eigenvalue weighted by molar-refractivity contribution is 6.35. The average Bonchev–Trinajstić information content (AvgIpc) is 2.80. The highest BCUT2D eigenvalue weighted by Crippen LogP contribution is 2.26. The van der Waals surface area contributed by atoms with Crippen LogP contribution in [0.3, 0.4) is 0 Å². The van der Waals surface area contributed by atoms with Crippen molar-refractivity contribution < 1.29 is 9.59 Å². The number of amides is 2. The smallest absolute Gasteiger partial charge is 0.255 e. The van der Waals surface area contributed by atoms with E-state index in [1.807, 2.05) is 23.1 Å². The largest absolute Gasteiger partial charge is 0.368 e. The summed E-state index contributed by atoms with van der Waals surface area (Å²) in [6.45, 7) is 4.29. The lowest BCUT2D eigenvalue weighted by Crippen LogP contribution is -2.52. The molecule has 0 aromatic heterocycles. The third-order valence-electron chi connectivity index (χ3n) is 6.00. The Morgan fingerprint density at radius 2 is 1.47 bits per heavy atom. The maximum absolute atomic E-state index is 13.0. The van der Waals surface area contributed by atoms with Gasteiger partial charge in [0.05, 0.1) is 10.6 Å². The summed E-state index contributed by atoms with van der Waals surface area (Å²) in [7, 11) is 0. The van der Waals surface area contributed by atoms with Crippen molar-refractivity contribution >= 4 is 40.7 Å². The van der Waals surface area contributed by atoms with Gasteiger partial charge >= 0.3 is 0 Å². The SMILES string of the molecule is O=C(c1cc(Cl)ccc1Cl)N1CCC(C(=O)N2CCN(c3ccccc3)CC2)CC1. The first-order chi connectivity index (χ1) is 14.5. The number of likely N-dealkylation sites (tertiary alicyclic amines) is 1. The molecule has 0 radical (unpaired) electrons. The minimum Gasteiger partial charge on any atom is -0.368 e. The molecular formula is C23H25Cl2N3O2. The van der Waals surface area contributed by atoms with Gasteiger partial charge in [-0.05, 0) is 43.2 Å². The maximum atomic E-state index is 13.0. The summed E-state index contributed by atoms with van der Waals surface area (Å²) in [5, 5.41) is 0.890. The predicted octanol–water partition coefficient (Wildman–Crippen LogP) is 4.19. The Morgan fingerprint density at radius 1 is 0.800 bits per heavy atom. The van der Waals surface area contributed by atoms with Crippen molar-refractivity contribution in [2.75, 3.05) is 44.2 Å². The molecule has 4 rings (SSSR count). The minimum atomic E-state index is -0.120. The van der Waals surface area contributed by atoms with E-state index < -0.39 is 0 Å². The van der Waals surface area contributed by atoms with Crippen LogP contribution in [0.1, 0.15) is 23.2 Å². The van der Waals surface area contributed by atoms with E-state index in [1.165, 1.54) is 5.69 Å². The molecular weight excluding hydrogens is 421 g/mol. The summed E-state index contributed by atoms with van der Waals surface area (Å²) in [5.74, 6) is 0.0765. The predicted molar refractivity (Wildman–Crippen MR) is 120 cm³/mol. The van der Waals surface area contributed by atoms with Gasteiger partial charge in [0, 0.05) is 55.9 Å². The third-order valence-corrected chi connectivity index (χ3v) is 6.57. The van der Waals surface area contributed by atoms with Gasteiger partial charge in [0.1, 0.15) is 0 Å². The number of carbonyl (C=O) groups is 2. The Labute approximate surface area is 187 Å². The van der Waals surface area contributed by atoms with Crippen molar-refractivity contribution in [1.82, 2.24) is 9.80 Å². The molecule has 2 heterocycles. The molecule has 0 aliphatic carbocycles. The Kier molecular flexibility index (Phi) is 6.49. The normalized spacial score (nSPS) is 17.9. The van der Waals surface area contributed by atoms with Gasteiger partial charge in [-0.3, -0.25) is 9.59 Å². The molecule has 2 saturated heterocycles. The maximum Gasteiger partial charge on any atom is 0.255 e. The minimum absolute atomic E-state index is 0.0211. The number of halogens is 2. The van der Waals surface area contributed by atoms with Gasteiger partial charge in [0.15, 0.2) is 0 Å². The lowest BCUT2D eigenvalue weighted by Gasteiger charge is -2.39. The number of hydrogen-bond acceptors (Lipinski definition) is 3. The Morgan fingerprint density at radius 3 is 2.13 bits per heavy atom. The van der Waals surface area contributed by atoms with Crippen LogP contribution in [0.2, 0.25) is 10.0 Å². The van der Waals surface area contributed by atoms with Crippen molar-refractivity contribution in [1.29, 1.82) is 0 Å². The van der Waals surface area contributed by atoms with Gasteiger partial charge in [-0.1, -0.05) is 41.4 Å². The fourth-order valence-electron chi connectivity index (χ4n) is 4.24. The highest BCUT2D eigenvalue weighted by atomic mass is 35.5. The van der Waals surface area contributed by atoms with E-state index in [9.17, 15) is 9.59 Å². The molecule has 2 aliphatic rings. The van der Waals surface area contributed by atoms with Crippen LogP contribution in [0.5, 0.6) is 0 Å². The van der Waals surface area contributed by atoms with Crippen LogP contribution in [-0.4, -0.2) is 60.9 Å². The Bertz CT molecular complexity index is 906. The molecule has 2 aliphatic heterocycles. The molecule has 2 aromatic carbocycles. The van der Waals surface area contributed by atoms with Crippen LogP contribution in [0.15, 0.2) is 48.5 Å². The van der Waals surface area contributed by atoms with Crippen molar-refractivity contribution in [3.8, 4) is 0 Å². The number of benzene rings is 2. The molecule has 158 valence electrons. The number of piperazine rings is 1. The number of rotatable bonds is 3. The van der Waals surface area contributed by atoms with Crippen LogP contribution in [0.25, 0.3) is 0 Å². The number of anilines is 1. The van der Waals surface area contributed by atoms with Gasteiger partial charge in [-0.15, -0.1) is 0 Å². The van der Waals surface area contributed by atoms with E-state index in [2.05, 4.69) is 17.0 Å². The lowest BCUT2D eigenvalue weighted by atomic mass is 9.94. The van der Waals surface area contributed by atoms with Crippen LogP contribution in [0, 0.1) is 5.92 Å². The zero-order valence-corrected chi connectivity index (χ0v) is 18.3. The number of hydrogen-bond donors (Lipinski definition) is 0. The molecule has 0 atom stereocenters. The first-order valence-corrected chi connectivity index (χ1v) is 11.1. The summed E-state index contributed by atoms with van der Waals surface area (Å²) in [6.07, 6.45) is 1.36. The molecule has 0 bridgehead atoms. The summed E-state index contributed by atoms with van der Waals surface area (Å²) in [4.78, 5) is 31.9. The molecule has 0 unspecified atom stereocenters. The molecule has 0 N–H and O–H groups in total. The molecule has 2 aromatic rings. The summed E-state index contributed by atoms with van der Waals surface area (Å²) >= 11 is 12.2. The molecule has 30 heavy (non-hydrogen) atoms. The van der Waals surface area contributed by atoms with E-state index in [4.69, 9.17) is 23.2 Å². The Balaban J connectivity index is 1.29. The highest BCUT2D eigenvalue weighted by Gasteiger charge is 2.32. The molecule has 2 fully saturated rings. The Hall–Kier alpha value is -2.24. The van der Waals surface area contributed by atoms with Crippen molar-refractivity contribution in [2.24, 2.45) is 5.92 Å². The first-order valence-electron chi connectivity index (χ1n) is 10.4. The van der Waals surface area contributed by atoms with Crippen LogP contribution >= 0.6 is 23.2 Å². The van der Waals surface area contributed by atoms with Crippen LogP contribution < -0.4 is 4.90 Å². The van der Waals surface area contributed by atoms with Gasteiger partial charge < -0.3 is 14.7 Å². The fraction of sp³-hybridized carbons (Fsp3) is 0.391. The second kappa shape index (κ2) is 9.27. The second-order valence-corrected chi connectivity index (χ2v) is 8.68. The summed E-state index contributed by atoms with van der Waals surface area (Å²) in [5.41, 5.74) is 1.63.